The largest absolute Gasteiger partial charge is 0.392 e. The minimum atomic E-state index is -0.128. The van der Waals surface area contributed by atoms with Gasteiger partial charge in [-0.3, -0.25) is 0 Å². The van der Waals surface area contributed by atoms with E-state index in [-0.39, 0.29) is 6.10 Å². The molecule has 0 saturated heterocycles. The van der Waals surface area contributed by atoms with Gasteiger partial charge in [0.2, 0.25) is 0 Å². The van der Waals surface area contributed by atoms with Crippen LogP contribution >= 0.6 is 0 Å². The first-order valence-corrected chi connectivity index (χ1v) is 4.44. The first-order chi connectivity index (χ1) is 5.11. The van der Waals surface area contributed by atoms with E-state index in [1.165, 1.54) is 6.42 Å². The lowest BCUT2D eigenvalue weighted by molar-refractivity contribution is 0.0656. The van der Waals surface area contributed by atoms with Crippen molar-refractivity contribution in [3.63, 3.8) is 0 Å². The summed E-state index contributed by atoms with van der Waals surface area (Å²) in [4.78, 5) is 0. The molecule has 1 aliphatic rings. The number of aliphatic hydroxyl groups excluding tert-OH is 1. The van der Waals surface area contributed by atoms with Gasteiger partial charge in [0.25, 0.3) is 0 Å². The van der Waals surface area contributed by atoms with E-state index in [1.54, 1.807) is 0 Å². The van der Waals surface area contributed by atoms with Crippen LogP contribution in [0, 0.1) is 11.8 Å². The average molecular weight is 154 g/mol. The Hall–Kier alpha value is -0.300. The van der Waals surface area contributed by atoms with Gasteiger partial charge >= 0.3 is 0 Å². The van der Waals surface area contributed by atoms with Gasteiger partial charge in [0, 0.05) is 5.92 Å². The SMILES string of the molecule is C=C(C)[C@H]1CC[C@H](C)CC1O. The average Bonchev–Trinajstić information content (AvgIpc) is 1.85. The molecular formula is C10H18O. The molecule has 0 amide bonds. The lowest BCUT2D eigenvalue weighted by Gasteiger charge is -2.31. The quantitative estimate of drug-likeness (QED) is 0.575. The summed E-state index contributed by atoms with van der Waals surface area (Å²) in [5.41, 5.74) is 1.14. The van der Waals surface area contributed by atoms with Crippen LogP contribution in [0.5, 0.6) is 0 Å². The molecule has 0 bridgehead atoms. The smallest absolute Gasteiger partial charge is 0.0607 e. The predicted molar refractivity (Wildman–Crippen MR) is 47.3 cm³/mol. The zero-order chi connectivity index (χ0) is 8.43. The maximum atomic E-state index is 9.65. The molecule has 0 aromatic carbocycles. The molecule has 1 fully saturated rings. The number of aliphatic hydroxyl groups is 1. The molecule has 64 valence electrons. The van der Waals surface area contributed by atoms with Gasteiger partial charge in [-0.05, 0) is 32.1 Å². The van der Waals surface area contributed by atoms with Crippen LogP contribution in [0.3, 0.4) is 0 Å². The highest BCUT2D eigenvalue weighted by molar-refractivity contribution is 5.01. The second-order valence-electron chi connectivity index (χ2n) is 3.94. The summed E-state index contributed by atoms with van der Waals surface area (Å²) in [5.74, 6) is 1.06. The molecule has 0 radical (unpaired) electrons. The normalized spacial score (nSPS) is 38.6. The molecule has 1 aliphatic carbocycles. The first kappa shape index (κ1) is 8.79. The van der Waals surface area contributed by atoms with Crippen molar-refractivity contribution in [2.24, 2.45) is 11.8 Å². The highest BCUT2D eigenvalue weighted by Crippen LogP contribution is 2.32. The van der Waals surface area contributed by atoms with E-state index >= 15 is 0 Å². The maximum absolute atomic E-state index is 9.65. The highest BCUT2D eigenvalue weighted by Gasteiger charge is 2.26. The van der Waals surface area contributed by atoms with Crippen molar-refractivity contribution in [2.75, 3.05) is 0 Å². The van der Waals surface area contributed by atoms with Gasteiger partial charge in [0.05, 0.1) is 6.10 Å². The van der Waals surface area contributed by atoms with E-state index < -0.39 is 0 Å². The standard InChI is InChI=1S/C10H18O/c1-7(2)9-5-4-8(3)6-10(9)11/h8-11H,1,4-6H2,2-3H3/t8-,9+,10?/m0/s1. The molecule has 3 atom stereocenters. The Balaban J connectivity index is 2.50. The van der Waals surface area contributed by atoms with E-state index in [0.29, 0.717) is 11.8 Å². The van der Waals surface area contributed by atoms with Crippen molar-refractivity contribution in [3.05, 3.63) is 12.2 Å². The van der Waals surface area contributed by atoms with Crippen LogP contribution in [-0.4, -0.2) is 11.2 Å². The fraction of sp³-hybridized carbons (Fsp3) is 0.800. The molecule has 0 heterocycles. The minimum absolute atomic E-state index is 0.128. The first-order valence-electron chi connectivity index (χ1n) is 4.44. The van der Waals surface area contributed by atoms with Gasteiger partial charge < -0.3 is 5.11 Å². The minimum Gasteiger partial charge on any atom is -0.392 e. The summed E-state index contributed by atoms with van der Waals surface area (Å²) < 4.78 is 0. The van der Waals surface area contributed by atoms with E-state index in [9.17, 15) is 5.11 Å². The Labute approximate surface area is 69.1 Å². The Kier molecular flexibility index (Phi) is 2.72. The number of rotatable bonds is 1. The summed E-state index contributed by atoms with van der Waals surface area (Å²) >= 11 is 0. The van der Waals surface area contributed by atoms with Crippen molar-refractivity contribution in [2.45, 2.75) is 39.2 Å². The van der Waals surface area contributed by atoms with Crippen LogP contribution in [0.1, 0.15) is 33.1 Å². The molecule has 0 aliphatic heterocycles. The number of hydrogen-bond acceptors (Lipinski definition) is 1. The third-order valence-electron chi connectivity index (χ3n) is 2.71. The Bertz CT molecular complexity index is 151. The van der Waals surface area contributed by atoms with Gasteiger partial charge in [-0.25, -0.2) is 0 Å². The van der Waals surface area contributed by atoms with Gasteiger partial charge in [-0.2, -0.15) is 0 Å². The third-order valence-corrected chi connectivity index (χ3v) is 2.71. The summed E-state index contributed by atoms with van der Waals surface area (Å²) in [6.07, 6.45) is 3.19. The zero-order valence-electron chi connectivity index (χ0n) is 7.51. The Morgan fingerprint density at radius 1 is 1.45 bits per heavy atom. The summed E-state index contributed by atoms with van der Waals surface area (Å²) in [5, 5.41) is 9.65. The van der Waals surface area contributed by atoms with Crippen LogP contribution in [0.2, 0.25) is 0 Å². The van der Waals surface area contributed by atoms with Gasteiger partial charge in [-0.1, -0.05) is 19.1 Å². The third kappa shape index (κ3) is 2.06. The Morgan fingerprint density at radius 3 is 2.55 bits per heavy atom. The molecule has 11 heavy (non-hydrogen) atoms. The molecule has 1 saturated carbocycles. The monoisotopic (exact) mass is 154 g/mol. The molecular weight excluding hydrogens is 136 g/mol. The second kappa shape index (κ2) is 3.40. The highest BCUT2D eigenvalue weighted by atomic mass is 16.3. The van der Waals surface area contributed by atoms with E-state index in [4.69, 9.17) is 0 Å². The summed E-state index contributed by atoms with van der Waals surface area (Å²) in [6.45, 7) is 8.12. The number of hydrogen-bond donors (Lipinski definition) is 1. The predicted octanol–water partition coefficient (Wildman–Crippen LogP) is 2.36. The molecule has 1 rings (SSSR count). The second-order valence-corrected chi connectivity index (χ2v) is 3.94. The van der Waals surface area contributed by atoms with Crippen molar-refractivity contribution in [1.82, 2.24) is 0 Å². The lowest BCUT2D eigenvalue weighted by atomic mass is 9.78. The lowest BCUT2D eigenvalue weighted by Crippen LogP contribution is -2.28. The fourth-order valence-corrected chi connectivity index (χ4v) is 1.93. The van der Waals surface area contributed by atoms with Crippen LogP contribution in [0.25, 0.3) is 0 Å². The van der Waals surface area contributed by atoms with E-state index in [1.807, 2.05) is 6.92 Å². The van der Waals surface area contributed by atoms with Gasteiger partial charge in [-0.15, -0.1) is 0 Å². The van der Waals surface area contributed by atoms with Gasteiger partial charge in [0.1, 0.15) is 0 Å². The summed E-state index contributed by atoms with van der Waals surface area (Å²) in [7, 11) is 0. The molecule has 0 aromatic heterocycles. The fourth-order valence-electron chi connectivity index (χ4n) is 1.93. The van der Waals surface area contributed by atoms with Gasteiger partial charge in [0.15, 0.2) is 0 Å². The van der Waals surface area contributed by atoms with Crippen molar-refractivity contribution >= 4 is 0 Å². The molecule has 0 aromatic rings. The van der Waals surface area contributed by atoms with Crippen LogP contribution in [0.4, 0.5) is 0 Å². The molecule has 1 heteroatoms. The van der Waals surface area contributed by atoms with Crippen LogP contribution in [-0.2, 0) is 0 Å². The molecule has 1 unspecified atom stereocenters. The zero-order valence-corrected chi connectivity index (χ0v) is 7.51. The van der Waals surface area contributed by atoms with E-state index in [0.717, 1.165) is 18.4 Å². The topological polar surface area (TPSA) is 20.2 Å². The van der Waals surface area contributed by atoms with Crippen molar-refractivity contribution in [1.29, 1.82) is 0 Å². The maximum Gasteiger partial charge on any atom is 0.0607 e. The Morgan fingerprint density at radius 2 is 2.09 bits per heavy atom. The van der Waals surface area contributed by atoms with Crippen LogP contribution < -0.4 is 0 Å². The van der Waals surface area contributed by atoms with E-state index in [2.05, 4.69) is 13.5 Å². The molecule has 1 nitrogen and oxygen atoms in total. The summed E-state index contributed by atoms with van der Waals surface area (Å²) in [6, 6.07) is 0. The van der Waals surface area contributed by atoms with Crippen molar-refractivity contribution in [3.8, 4) is 0 Å². The molecule has 1 N–H and O–H groups in total. The van der Waals surface area contributed by atoms with Crippen molar-refractivity contribution < 1.29 is 5.11 Å². The van der Waals surface area contributed by atoms with Crippen LogP contribution in [0.15, 0.2) is 12.2 Å². The molecule has 0 spiro atoms.